The van der Waals surface area contributed by atoms with Crippen LogP contribution in [-0.4, -0.2) is 34.0 Å². The molecule has 1 aliphatic rings. The zero-order chi connectivity index (χ0) is 13.0. The van der Waals surface area contributed by atoms with E-state index >= 15 is 0 Å². The molecule has 0 aromatic carbocycles. The predicted molar refractivity (Wildman–Crippen MR) is 72.0 cm³/mol. The van der Waals surface area contributed by atoms with Crippen molar-refractivity contribution in [1.29, 1.82) is 0 Å². The first-order valence-corrected chi connectivity index (χ1v) is 7.47. The number of rotatable bonds is 4. The molecule has 18 heavy (non-hydrogen) atoms. The molecule has 5 heteroatoms. The lowest BCUT2D eigenvalue weighted by Crippen LogP contribution is -2.24. The molecule has 2 heterocycles. The highest BCUT2D eigenvalue weighted by atomic mass is 32.1. The highest BCUT2D eigenvalue weighted by Gasteiger charge is 2.17. The summed E-state index contributed by atoms with van der Waals surface area (Å²) in [5, 5.41) is 10.9. The second kappa shape index (κ2) is 6.29. The molecule has 1 aromatic heterocycles. The molecule has 2 rings (SSSR count). The molecule has 4 nitrogen and oxygen atoms in total. The number of hydrogen-bond acceptors (Lipinski definition) is 4. The Morgan fingerprint density at radius 3 is 3.06 bits per heavy atom. The Labute approximate surface area is 112 Å². The first-order chi connectivity index (χ1) is 8.69. The van der Waals surface area contributed by atoms with E-state index in [1.54, 1.807) is 0 Å². The number of nitrogens with zero attached hydrogens (tertiary/aromatic N) is 2. The molecule has 1 atom stereocenters. The number of thiazole rings is 1. The molecule has 0 saturated carbocycles. The third-order valence-electron chi connectivity index (χ3n) is 3.64. The number of likely N-dealkylation sites (tertiary alicyclic amines) is 1. The SMILES string of the molecule is CCC1CCCN(Cc2csc(C(=O)O)n2)CC1. The zero-order valence-electron chi connectivity index (χ0n) is 10.8. The van der Waals surface area contributed by atoms with Crippen molar-refractivity contribution in [3.63, 3.8) is 0 Å². The van der Waals surface area contributed by atoms with Gasteiger partial charge in [0.05, 0.1) is 5.69 Å². The Balaban J connectivity index is 1.90. The largest absolute Gasteiger partial charge is 0.476 e. The second-order valence-corrected chi connectivity index (χ2v) is 5.79. The number of aromatic nitrogens is 1. The van der Waals surface area contributed by atoms with Crippen LogP contribution in [0.2, 0.25) is 0 Å². The summed E-state index contributed by atoms with van der Waals surface area (Å²) in [6, 6.07) is 0. The number of carboxylic acids is 1. The van der Waals surface area contributed by atoms with Crippen LogP contribution in [0.15, 0.2) is 5.38 Å². The molecule has 1 N–H and O–H groups in total. The van der Waals surface area contributed by atoms with E-state index in [9.17, 15) is 4.79 Å². The smallest absolute Gasteiger partial charge is 0.365 e. The summed E-state index contributed by atoms with van der Waals surface area (Å²) in [5.74, 6) is -0.0619. The minimum atomic E-state index is -0.923. The Hall–Kier alpha value is -0.940. The average Bonchev–Trinajstić information content (AvgIpc) is 2.69. The first-order valence-electron chi connectivity index (χ1n) is 6.59. The van der Waals surface area contributed by atoms with Gasteiger partial charge in [0.2, 0.25) is 5.01 Å². The van der Waals surface area contributed by atoms with Crippen LogP contribution in [0.4, 0.5) is 0 Å². The van der Waals surface area contributed by atoms with Gasteiger partial charge in [-0.05, 0) is 38.3 Å². The van der Waals surface area contributed by atoms with Crippen LogP contribution in [0.25, 0.3) is 0 Å². The number of aromatic carboxylic acids is 1. The molecule has 1 aromatic rings. The highest BCUT2D eigenvalue weighted by molar-refractivity contribution is 7.11. The molecule has 0 aliphatic carbocycles. The van der Waals surface area contributed by atoms with Crippen molar-refractivity contribution < 1.29 is 9.90 Å². The molecule has 0 amide bonds. The quantitative estimate of drug-likeness (QED) is 0.912. The van der Waals surface area contributed by atoms with Gasteiger partial charge in [-0.3, -0.25) is 4.90 Å². The van der Waals surface area contributed by atoms with Gasteiger partial charge in [-0.15, -0.1) is 11.3 Å². The normalized spacial score (nSPS) is 21.7. The van der Waals surface area contributed by atoms with Crippen LogP contribution in [-0.2, 0) is 6.54 Å². The zero-order valence-corrected chi connectivity index (χ0v) is 11.6. The Kier molecular flexibility index (Phi) is 4.72. The Bertz CT molecular complexity index is 405. The maximum absolute atomic E-state index is 10.8. The Morgan fingerprint density at radius 2 is 2.39 bits per heavy atom. The van der Waals surface area contributed by atoms with E-state index in [4.69, 9.17) is 5.11 Å². The summed E-state index contributed by atoms with van der Waals surface area (Å²) in [6.07, 6.45) is 5.10. The van der Waals surface area contributed by atoms with E-state index in [2.05, 4.69) is 16.8 Å². The standard InChI is InChI=1S/C13H20N2O2S/c1-2-10-4-3-6-15(7-5-10)8-11-9-18-12(14-11)13(16)17/h9-10H,2-8H2,1H3,(H,16,17). The molecular weight excluding hydrogens is 248 g/mol. The third-order valence-corrected chi connectivity index (χ3v) is 4.52. The lowest BCUT2D eigenvalue weighted by molar-refractivity contribution is 0.0696. The summed E-state index contributed by atoms with van der Waals surface area (Å²) in [5.41, 5.74) is 0.896. The summed E-state index contributed by atoms with van der Waals surface area (Å²) in [7, 11) is 0. The van der Waals surface area contributed by atoms with E-state index in [0.29, 0.717) is 0 Å². The maximum atomic E-state index is 10.8. The van der Waals surface area contributed by atoms with Gasteiger partial charge in [0, 0.05) is 11.9 Å². The van der Waals surface area contributed by atoms with Crippen LogP contribution in [0, 0.1) is 5.92 Å². The molecule has 1 aliphatic heterocycles. The minimum Gasteiger partial charge on any atom is -0.476 e. The fourth-order valence-electron chi connectivity index (χ4n) is 2.50. The van der Waals surface area contributed by atoms with Crippen molar-refractivity contribution in [3.05, 3.63) is 16.1 Å². The van der Waals surface area contributed by atoms with Gasteiger partial charge in [0.1, 0.15) is 0 Å². The number of hydrogen-bond donors (Lipinski definition) is 1. The van der Waals surface area contributed by atoms with Crippen LogP contribution >= 0.6 is 11.3 Å². The van der Waals surface area contributed by atoms with E-state index in [-0.39, 0.29) is 5.01 Å². The van der Waals surface area contributed by atoms with Gasteiger partial charge in [0.25, 0.3) is 0 Å². The summed E-state index contributed by atoms with van der Waals surface area (Å²) in [4.78, 5) is 17.3. The van der Waals surface area contributed by atoms with Crippen molar-refractivity contribution in [3.8, 4) is 0 Å². The molecule has 1 saturated heterocycles. The number of carboxylic acid groups (broad SMARTS) is 1. The van der Waals surface area contributed by atoms with Crippen molar-refractivity contribution in [2.75, 3.05) is 13.1 Å². The summed E-state index contributed by atoms with van der Waals surface area (Å²) >= 11 is 1.22. The maximum Gasteiger partial charge on any atom is 0.365 e. The molecule has 100 valence electrons. The van der Waals surface area contributed by atoms with E-state index in [1.807, 2.05) is 5.38 Å². The average molecular weight is 268 g/mol. The molecule has 0 radical (unpaired) electrons. The van der Waals surface area contributed by atoms with Gasteiger partial charge in [-0.25, -0.2) is 9.78 Å². The van der Waals surface area contributed by atoms with Gasteiger partial charge in [-0.1, -0.05) is 13.3 Å². The summed E-state index contributed by atoms with van der Waals surface area (Å²) < 4.78 is 0. The van der Waals surface area contributed by atoms with Crippen LogP contribution in [0.1, 0.15) is 48.1 Å². The predicted octanol–water partition coefficient (Wildman–Crippen LogP) is 2.85. The number of carbonyl (C=O) groups is 1. The Morgan fingerprint density at radius 1 is 1.56 bits per heavy atom. The van der Waals surface area contributed by atoms with E-state index in [1.165, 1.54) is 37.0 Å². The lowest BCUT2D eigenvalue weighted by atomic mass is 9.98. The molecule has 1 unspecified atom stereocenters. The van der Waals surface area contributed by atoms with Crippen LogP contribution in [0.3, 0.4) is 0 Å². The van der Waals surface area contributed by atoms with Crippen molar-refractivity contribution in [2.24, 2.45) is 5.92 Å². The second-order valence-electron chi connectivity index (χ2n) is 4.93. The fraction of sp³-hybridized carbons (Fsp3) is 0.692. The van der Waals surface area contributed by atoms with E-state index in [0.717, 1.165) is 31.2 Å². The van der Waals surface area contributed by atoms with Crippen molar-refractivity contribution in [1.82, 2.24) is 9.88 Å². The van der Waals surface area contributed by atoms with Crippen LogP contribution < -0.4 is 0 Å². The molecular formula is C13H20N2O2S. The highest BCUT2D eigenvalue weighted by Crippen LogP contribution is 2.21. The van der Waals surface area contributed by atoms with Gasteiger partial charge < -0.3 is 5.11 Å². The van der Waals surface area contributed by atoms with Crippen LogP contribution in [0.5, 0.6) is 0 Å². The fourth-order valence-corrected chi connectivity index (χ4v) is 3.14. The molecule has 0 spiro atoms. The van der Waals surface area contributed by atoms with Gasteiger partial charge in [-0.2, -0.15) is 0 Å². The molecule has 1 fully saturated rings. The topological polar surface area (TPSA) is 53.4 Å². The monoisotopic (exact) mass is 268 g/mol. The summed E-state index contributed by atoms with van der Waals surface area (Å²) in [6.45, 7) is 5.27. The van der Waals surface area contributed by atoms with Crippen molar-refractivity contribution >= 4 is 17.3 Å². The van der Waals surface area contributed by atoms with Crippen molar-refractivity contribution in [2.45, 2.75) is 39.2 Å². The first kappa shape index (κ1) is 13.5. The van der Waals surface area contributed by atoms with Gasteiger partial charge >= 0.3 is 5.97 Å². The minimum absolute atomic E-state index is 0.200. The van der Waals surface area contributed by atoms with E-state index < -0.39 is 5.97 Å². The molecule has 0 bridgehead atoms. The van der Waals surface area contributed by atoms with Gasteiger partial charge in [0.15, 0.2) is 0 Å². The third kappa shape index (κ3) is 3.53. The lowest BCUT2D eigenvalue weighted by Gasteiger charge is -2.18.